The highest BCUT2D eigenvalue weighted by molar-refractivity contribution is 14.0. The van der Waals surface area contributed by atoms with Gasteiger partial charge in [-0.1, -0.05) is 30.5 Å². The van der Waals surface area contributed by atoms with Crippen LogP contribution in [0.2, 0.25) is 0 Å². The van der Waals surface area contributed by atoms with Gasteiger partial charge in [0, 0.05) is 19.8 Å². The number of hydrogen-bond donors (Lipinski definition) is 2. The number of nitrogens with two attached hydrogens (primary N) is 1. The van der Waals surface area contributed by atoms with E-state index in [-0.39, 0.29) is 35.3 Å². The van der Waals surface area contributed by atoms with Crippen LogP contribution >= 0.6 is 24.0 Å². The number of anilines is 1. The number of amides is 1. The van der Waals surface area contributed by atoms with Crippen molar-refractivity contribution in [3.63, 3.8) is 0 Å². The Balaban J connectivity index is 0.00000264. The summed E-state index contributed by atoms with van der Waals surface area (Å²) in [4.78, 5) is 18.6. The first-order chi connectivity index (χ1) is 10.4. The molecule has 0 aliphatic heterocycles. The zero-order valence-electron chi connectivity index (χ0n) is 14.1. The van der Waals surface area contributed by atoms with Crippen LogP contribution in [0.4, 0.5) is 5.69 Å². The summed E-state index contributed by atoms with van der Waals surface area (Å²) in [7, 11) is 3.61. The second kappa shape index (κ2) is 8.52. The van der Waals surface area contributed by atoms with Gasteiger partial charge < -0.3 is 16.0 Å². The van der Waals surface area contributed by atoms with Gasteiger partial charge in [0.25, 0.3) is 0 Å². The molecule has 0 radical (unpaired) electrons. The standard InChI is InChI=1S/C17H26N4O.HI/c1-13-6-8-14(9-7-13)20-16(18)19-12-17(10-4-5-11-17)15(22)21(2)3;/h6-9H,4-5,10-12H2,1-3H3,(H3,18,19,20);1H. The lowest BCUT2D eigenvalue weighted by atomic mass is 9.85. The van der Waals surface area contributed by atoms with Gasteiger partial charge in [-0.05, 0) is 31.9 Å². The van der Waals surface area contributed by atoms with Gasteiger partial charge in [-0.3, -0.25) is 9.79 Å². The molecule has 0 saturated heterocycles. The van der Waals surface area contributed by atoms with Crippen molar-refractivity contribution in [2.45, 2.75) is 32.6 Å². The van der Waals surface area contributed by atoms with Gasteiger partial charge in [0.2, 0.25) is 5.91 Å². The van der Waals surface area contributed by atoms with E-state index in [1.165, 1.54) is 5.56 Å². The van der Waals surface area contributed by atoms with Crippen LogP contribution in [0.1, 0.15) is 31.2 Å². The fourth-order valence-electron chi connectivity index (χ4n) is 3.03. The number of halogens is 1. The van der Waals surface area contributed by atoms with E-state index in [0.717, 1.165) is 31.4 Å². The number of hydrogen-bond acceptors (Lipinski definition) is 2. The van der Waals surface area contributed by atoms with E-state index < -0.39 is 0 Å². The molecule has 1 saturated carbocycles. The van der Waals surface area contributed by atoms with E-state index >= 15 is 0 Å². The first-order valence-electron chi connectivity index (χ1n) is 7.78. The summed E-state index contributed by atoms with van der Waals surface area (Å²) < 4.78 is 0. The highest BCUT2D eigenvalue weighted by atomic mass is 127. The van der Waals surface area contributed by atoms with E-state index in [1.54, 1.807) is 19.0 Å². The Hall–Kier alpha value is -1.31. The molecule has 5 nitrogen and oxygen atoms in total. The predicted octanol–water partition coefficient (Wildman–Crippen LogP) is 2.99. The Morgan fingerprint density at radius 1 is 1.26 bits per heavy atom. The molecule has 1 amide bonds. The van der Waals surface area contributed by atoms with Crippen molar-refractivity contribution in [1.29, 1.82) is 0 Å². The van der Waals surface area contributed by atoms with Crippen molar-refractivity contribution >= 4 is 41.5 Å². The molecule has 6 heteroatoms. The Bertz CT molecular complexity index is 548. The molecule has 128 valence electrons. The number of nitrogens with one attached hydrogen (secondary N) is 1. The van der Waals surface area contributed by atoms with E-state index in [9.17, 15) is 4.79 Å². The minimum Gasteiger partial charge on any atom is -0.370 e. The third-order valence-electron chi connectivity index (χ3n) is 4.30. The Morgan fingerprint density at radius 2 is 1.83 bits per heavy atom. The predicted molar refractivity (Wildman–Crippen MR) is 106 cm³/mol. The number of aliphatic imine (C=N–C) groups is 1. The average molecular weight is 430 g/mol. The Morgan fingerprint density at radius 3 is 2.35 bits per heavy atom. The van der Waals surface area contributed by atoms with Gasteiger partial charge >= 0.3 is 0 Å². The lowest BCUT2D eigenvalue weighted by Crippen LogP contribution is -2.41. The topological polar surface area (TPSA) is 70.7 Å². The van der Waals surface area contributed by atoms with E-state index in [2.05, 4.69) is 10.3 Å². The molecule has 1 aliphatic rings. The zero-order chi connectivity index (χ0) is 16.2. The third kappa shape index (κ3) is 5.09. The summed E-state index contributed by atoms with van der Waals surface area (Å²) in [5, 5.41) is 3.08. The summed E-state index contributed by atoms with van der Waals surface area (Å²) in [5.74, 6) is 0.526. The molecule has 1 aliphatic carbocycles. The molecule has 3 N–H and O–H groups in total. The van der Waals surface area contributed by atoms with E-state index in [0.29, 0.717) is 12.5 Å². The maximum atomic E-state index is 12.5. The molecule has 0 atom stereocenters. The molecular formula is C17H27IN4O. The van der Waals surface area contributed by atoms with E-state index in [1.807, 2.05) is 31.2 Å². The monoisotopic (exact) mass is 430 g/mol. The van der Waals surface area contributed by atoms with E-state index in [4.69, 9.17) is 5.73 Å². The number of rotatable bonds is 4. The normalized spacial score (nSPS) is 16.6. The summed E-state index contributed by atoms with van der Waals surface area (Å²) in [6, 6.07) is 7.97. The molecule has 0 bridgehead atoms. The van der Waals surface area contributed by atoms with Crippen LogP contribution in [0.15, 0.2) is 29.3 Å². The van der Waals surface area contributed by atoms with Gasteiger partial charge in [0.15, 0.2) is 5.96 Å². The molecule has 1 aromatic carbocycles. The minimum atomic E-state index is -0.372. The van der Waals surface area contributed by atoms with Crippen LogP contribution in [-0.2, 0) is 4.79 Å². The van der Waals surface area contributed by atoms with Crippen molar-refractivity contribution in [2.75, 3.05) is 26.0 Å². The minimum absolute atomic E-state index is 0. The fraction of sp³-hybridized carbons (Fsp3) is 0.529. The molecule has 2 rings (SSSR count). The van der Waals surface area contributed by atoms with Gasteiger partial charge in [0.05, 0.1) is 12.0 Å². The summed E-state index contributed by atoms with van der Waals surface area (Å²) >= 11 is 0. The van der Waals surface area contributed by atoms with Gasteiger partial charge in [-0.2, -0.15) is 0 Å². The van der Waals surface area contributed by atoms with Gasteiger partial charge in [-0.25, -0.2) is 0 Å². The molecule has 0 aromatic heterocycles. The van der Waals surface area contributed by atoms with Crippen molar-refractivity contribution < 1.29 is 4.79 Å². The first-order valence-corrected chi connectivity index (χ1v) is 7.78. The summed E-state index contributed by atoms with van der Waals surface area (Å²) in [6.07, 6.45) is 3.96. The second-order valence-corrected chi connectivity index (χ2v) is 6.38. The number of guanidine groups is 1. The maximum Gasteiger partial charge on any atom is 0.230 e. The quantitative estimate of drug-likeness (QED) is 0.439. The number of benzene rings is 1. The van der Waals surface area contributed by atoms with Crippen molar-refractivity contribution in [3.05, 3.63) is 29.8 Å². The average Bonchev–Trinajstić information content (AvgIpc) is 2.97. The molecule has 0 heterocycles. The van der Waals surface area contributed by atoms with Crippen LogP contribution in [0, 0.1) is 12.3 Å². The molecule has 1 aromatic rings. The van der Waals surface area contributed by atoms with Crippen LogP contribution in [0.5, 0.6) is 0 Å². The molecule has 23 heavy (non-hydrogen) atoms. The Labute approximate surface area is 155 Å². The Kier molecular flexibility index (Phi) is 7.31. The van der Waals surface area contributed by atoms with Crippen molar-refractivity contribution in [2.24, 2.45) is 16.1 Å². The molecule has 0 unspecified atom stereocenters. The smallest absolute Gasteiger partial charge is 0.230 e. The summed E-state index contributed by atoms with van der Waals surface area (Å²) in [6.45, 7) is 2.49. The molecule has 0 spiro atoms. The number of carbonyl (C=O) groups is 1. The fourth-order valence-corrected chi connectivity index (χ4v) is 3.03. The van der Waals surface area contributed by atoms with Crippen molar-refractivity contribution in [3.8, 4) is 0 Å². The van der Waals surface area contributed by atoms with Crippen LogP contribution < -0.4 is 11.1 Å². The largest absolute Gasteiger partial charge is 0.370 e. The highest BCUT2D eigenvalue weighted by Crippen LogP contribution is 2.39. The summed E-state index contributed by atoms with van der Waals surface area (Å²) in [5.41, 5.74) is 7.70. The van der Waals surface area contributed by atoms with Crippen LogP contribution in [0.3, 0.4) is 0 Å². The highest BCUT2D eigenvalue weighted by Gasteiger charge is 2.41. The molecule has 1 fully saturated rings. The van der Waals surface area contributed by atoms with Crippen LogP contribution in [-0.4, -0.2) is 37.4 Å². The molecular weight excluding hydrogens is 403 g/mol. The second-order valence-electron chi connectivity index (χ2n) is 6.38. The number of carbonyl (C=O) groups excluding carboxylic acids is 1. The lowest BCUT2D eigenvalue weighted by Gasteiger charge is -2.29. The van der Waals surface area contributed by atoms with Crippen molar-refractivity contribution in [1.82, 2.24) is 4.90 Å². The third-order valence-corrected chi connectivity index (χ3v) is 4.30. The zero-order valence-corrected chi connectivity index (χ0v) is 16.5. The lowest BCUT2D eigenvalue weighted by molar-refractivity contribution is -0.138. The van der Waals surface area contributed by atoms with Gasteiger partial charge in [-0.15, -0.1) is 24.0 Å². The number of aryl methyl sites for hydroxylation is 1. The SMILES string of the molecule is Cc1ccc(NC(N)=NCC2(C(=O)N(C)C)CCCC2)cc1.I. The maximum absolute atomic E-state index is 12.5. The first kappa shape index (κ1) is 19.7. The van der Waals surface area contributed by atoms with Gasteiger partial charge in [0.1, 0.15) is 0 Å². The van der Waals surface area contributed by atoms with Crippen LogP contribution in [0.25, 0.3) is 0 Å². The number of nitrogens with zero attached hydrogens (tertiary/aromatic N) is 2.